The number of carbonyl (C=O) groups is 3. The number of likely N-dealkylation sites (tertiary alicyclic amines) is 1. The summed E-state index contributed by atoms with van der Waals surface area (Å²) >= 11 is 0. The lowest BCUT2D eigenvalue weighted by Crippen LogP contribution is -2.38. The molecule has 2 atom stereocenters. The minimum Gasteiger partial charge on any atom is -0.497 e. The second-order valence-electron chi connectivity index (χ2n) is 11.3. The van der Waals surface area contributed by atoms with Crippen LogP contribution in [0.1, 0.15) is 59.4 Å². The molecule has 1 heterocycles. The van der Waals surface area contributed by atoms with E-state index in [0.717, 1.165) is 5.56 Å². The van der Waals surface area contributed by atoms with Crippen LogP contribution in [0.15, 0.2) is 66.9 Å². The van der Waals surface area contributed by atoms with Crippen LogP contribution in [-0.2, 0) is 14.3 Å². The van der Waals surface area contributed by atoms with Gasteiger partial charge in [0.15, 0.2) is 0 Å². The quantitative estimate of drug-likeness (QED) is 0.429. The maximum atomic E-state index is 13.2. The number of benzene rings is 2. The van der Waals surface area contributed by atoms with Gasteiger partial charge in [-0.3, -0.25) is 9.69 Å². The van der Waals surface area contributed by atoms with Gasteiger partial charge in [0.2, 0.25) is 5.91 Å². The molecule has 38 heavy (non-hydrogen) atoms. The first-order valence-corrected chi connectivity index (χ1v) is 12.7. The van der Waals surface area contributed by atoms with Crippen molar-refractivity contribution in [1.29, 1.82) is 0 Å². The monoisotopic (exact) mass is 522 g/mol. The van der Waals surface area contributed by atoms with Crippen LogP contribution in [0.4, 0.5) is 15.3 Å². The lowest BCUT2D eigenvalue weighted by molar-refractivity contribution is -0.127. The van der Waals surface area contributed by atoms with Crippen molar-refractivity contribution in [1.82, 2.24) is 4.90 Å². The first-order chi connectivity index (χ1) is 17.8. The van der Waals surface area contributed by atoms with Crippen LogP contribution in [0.25, 0.3) is 0 Å². The second-order valence-corrected chi connectivity index (χ2v) is 11.3. The van der Waals surface area contributed by atoms with E-state index in [2.05, 4.69) is 0 Å². The third kappa shape index (κ3) is 7.84. The Morgan fingerprint density at radius 2 is 1.55 bits per heavy atom. The van der Waals surface area contributed by atoms with E-state index in [1.54, 1.807) is 58.3 Å². The number of nitrogens with zero attached hydrogens (tertiary/aromatic N) is 2. The summed E-state index contributed by atoms with van der Waals surface area (Å²) in [4.78, 5) is 41.3. The molecule has 0 radical (unpaired) electrons. The fourth-order valence-electron chi connectivity index (χ4n) is 4.17. The molecule has 1 saturated heterocycles. The molecule has 2 aromatic carbocycles. The standard InChI is InChI=1S/C30H38N2O6/c1-29(2,3)37-27(34)31(23-13-15-24(36-7)16-14-23)18-17-25(21-11-9-8-10-12-21)22-19-26(33)32(20-22)28(35)38-30(4,5)6/h8-18,22,25H,19-20H2,1-7H3/b18-17-/t22-,25+/m0/s1. The van der Waals surface area contributed by atoms with Crippen molar-refractivity contribution in [3.63, 3.8) is 0 Å². The summed E-state index contributed by atoms with van der Waals surface area (Å²) in [6.07, 6.45) is 2.56. The van der Waals surface area contributed by atoms with E-state index in [-0.39, 0.29) is 30.7 Å². The Balaban J connectivity index is 1.94. The number of ether oxygens (including phenoxy) is 3. The van der Waals surface area contributed by atoms with Gasteiger partial charge in [-0.1, -0.05) is 36.4 Å². The van der Waals surface area contributed by atoms with Crippen molar-refractivity contribution in [2.45, 2.75) is 65.1 Å². The highest BCUT2D eigenvalue weighted by Gasteiger charge is 2.39. The van der Waals surface area contributed by atoms with Crippen molar-refractivity contribution in [2.75, 3.05) is 18.6 Å². The van der Waals surface area contributed by atoms with E-state index in [0.29, 0.717) is 11.4 Å². The molecule has 0 aromatic heterocycles. The molecule has 0 unspecified atom stereocenters. The van der Waals surface area contributed by atoms with Gasteiger partial charge in [-0.15, -0.1) is 0 Å². The van der Waals surface area contributed by atoms with Crippen LogP contribution < -0.4 is 9.64 Å². The van der Waals surface area contributed by atoms with E-state index in [9.17, 15) is 14.4 Å². The third-order valence-corrected chi connectivity index (χ3v) is 5.84. The lowest BCUT2D eigenvalue weighted by Gasteiger charge is -2.27. The number of amides is 3. The predicted octanol–water partition coefficient (Wildman–Crippen LogP) is 6.52. The smallest absolute Gasteiger partial charge is 0.418 e. The molecule has 204 valence electrons. The van der Waals surface area contributed by atoms with Crippen molar-refractivity contribution < 1.29 is 28.6 Å². The molecule has 0 N–H and O–H groups in total. The molecule has 3 rings (SSSR count). The van der Waals surface area contributed by atoms with Gasteiger partial charge < -0.3 is 14.2 Å². The number of allylic oxidation sites excluding steroid dienone is 1. The zero-order valence-corrected chi connectivity index (χ0v) is 23.3. The van der Waals surface area contributed by atoms with Gasteiger partial charge in [0.1, 0.15) is 17.0 Å². The number of hydrogen-bond acceptors (Lipinski definition) is 6. The molecular weight excluding hydrogens is 484 g/mol. The molecule has 0 saturated carbocycles. The van der Waals surface area contributed by atoms with E-state index < -0.39 is 23.4 Å². The number of methoxy groups -OCH3 is 1. The molecule has 1 aliphatic rings. The van der Waals surface area contributed by atoms with E-state index in [1.807, 2.05) is 57.2 Å². The van der Waals surface area contributed by atoms with Gasteiger partial charge in [0.05, 0.1) is 12.8 Å². The van der Waals surface area contributed by atoms with Gasteiger partial charge in [0, 0.05) is 25.1 Å². The van der Waals surface area contributed by atoms with Gasteiger partial charge in [-0.05, 0) is 77.3 Å². The van der Waals surface area contributed by atoms with Crippen LogP contribution in [0, 0.1) is 5.92 Å². The van der Waals surface area contributed by atoms with Gasteiger partial charge in [-0.2, -0.15) is 0 Å². The number of rotatable bonds is 6. The number of carbonyl (C=O) groups excluding carboxylic acids is 3. The van der Waals surface area contributed by atoms with Crippen LogP contribution in [0.5, 0.6) is 5.75 Å². The average Bonchev–Trinajstić information content (AvgIpc) is 3.21. The van der Waals surface area contributed by atoms with Crippen LogP contribution >= 0.6 is 0 Å². The summed E-state index contributed by atoms with van der Waals surface area (Å²) in [7, 11) is 1.58. The minimum atomic E-state index is -0.708. The fourth-order valence-corrected chi connectivity index (χ4v) is 4.17. The molecule has 8 nitrogen and oxygen atoms in total. The normalized spacial score (nSPS) is 16.9. The zero-order chi connectivity index (χ0) is 28.1. The first-order valence-electron chi connectivity index (χ1n) is 12.7. The maximum absolute atomic E-state index is 13.2. The molecule has 0 aliphatic carbocycles. The SMILES string of the molecule is COc1ccc(N(/C=C\[C@H](c2ccccc2)[C@H]2CC(=O)N(C(=O)OC(C)(C)C)C2)C(=O)OC(C)(C)C)cc1. The minimum absolute atomic E-state index is 0.179. The molecule has 1 fully saturated rings. The zero-order valence-electron chi connectivity index (χ0n) is 23.3. The Morgan fingerprint density at radius 3 is 2.11 bits per heavy atom. The molecule has 0 spiro atoms. The summed E-state index contributed by atoms with van der Waals surface area (Å²) in [5, 5.41) is 0. The van der Waals surface area contributed by atoms with Gasteiger partial charge >= 0.3 is 12.2 Å². The van der Waals surface area contributed by atoms with E-state index in [4.69, 9.17) is 14.2 Å². The summed E-state index contributed by atoms with van der Waals surface area (Å²) < 4.78 is 16.4. The van der Waals surface area contributed by atoms with E-state index in [1.165, 1.54) is 9.80 Å². The number of imide groups is 1. The second kappa shape index (κ2) is 11.7. The molecule has 0 bridgehead atoms. The molecule has 8 heteroatoms. The average molecular weight is 523 g/mol. The highest BCUT2D eigenvalue weighted by atomic mass is 16.6. The summed E-state index contributed by atoms with van der Waals surface area (Å²) in [5.41, 5.74) is 0.160. The Kier molecular flexibility index (Phi) is 8.86. The highest BCUT2D eigenvalue weighted by molar-refractivity contribution is 5.94. The lowest BCUT2D eigenvalue weighted by atomic mass is 9.85. The van der Waals surface area contributed by atoms with Crippen LogP contribution in [0.3, 0.4) is 0 Å². The summed E-state index contributed by atoms with van der Waals surface area (Å²) in [6, 6.07) is 16.8. The summed E-state index contributed by atoms with van der Waals surface area (Å²) in [5.74, 6) is -0.0748. The van der Waals surface area contributed by atoms with Crippen molar-refractivity contribution in [3.8, 4) is 5.75 Å². The van der Waals surface area contributed by atoms with E-state index >= 15 is 0 Å². The van der Waals surface area contributed by atoms with Crippen LogP contribution in [0.2, 0.25) is 0 Å². The number of hydrogen-bond donors (Lipinski definition) is 0. The van der Waals surface area contributed by atoms with Crippen molar-refractivity contribution in [2.24, 2.45) is 5.92 Å². The predicted molar refractivity (Wildman–Crippen MR) is 146 cm³/mol. The number of anilines is 1. The maximum Gasteiger partial charge on any atom is 0.418 e. The fraction of sp³-hybridized carbons (Fsp3) is 0.433. The molecular formula is C30H38N2O6. The summed E-state index contributed by atoms with van der Waals surface area (Å²) in [6.45, 7) is 10.9. The highest BCUT2D eigenvalue weighted by Crippen LogP contribution is 2.35. The van der Waals surface area contributed by atoms with Crippen molar-refractivity contribution in [3.05, 3.63) is 72.4 Å². The first kappa shape index (κ1) is 28.8. The van der Waals surface area contributed by atoms with Gasteiger partial charge in [-0.25, -0.2) is 14.5 Å². The Morgan fingerprint density at radius 1 is 0.947 bits per heavy atom. The Labute approximate surface area is 225 Å². The topological polar surface area (TPSA) is 85.4 Å². The molecule has 2 aromatic rings. The molecule has 3 amide bonds. The molecule has 1 aliphatic heterocycles. The Bertz CT molecular complexity index is 1150. The van der Waals surface area contributed by atoms with Gasteiger partial charge in [0.25, 0.3) is 0 Å². The largest absolute Gasteiger partial charge is 0.497 e. The Hall–Kier alpha value is -3.81. The third-order valence-electron chi connectivity index (χ3n) is 5.84. The van der Waals surface area contributed by atoms with Crippen molar-refractivity contribution >= 4 is 23.8 Å². The van der Waals surface area contributed by atoms with Crippen LogP contribution in [-0.4, -0.2) is 47.9 Å².